The van der Waals surface area contributed by atoms with Gasteiger partial charge in [-0.15, -0.1) is 0 Å². The molecule has 5 rings (SSSR count). The van der Waals surface area contributed by atoms with Gasteiger partial charge in [0.25, 0.3) is 0 Å². The zero-order valence-corrected chi connectivity index (χ0v) is 41.8. The molecule has 3 aromatic carbocycles. The second-order valence-corrected chi connectivity index (χ2v) is 21.4. The van der Waals surface area contributed by atoms with Crippen molar-refractivity contribution in [2.45, 2.75) is 109 Å². The predicted octanol–water partition coefficient (Wildman–Crippen LogP) is 6.12. The number of aliphatic hydroxyl groups excluding tert-OH is 1. The first-order valence-corrected chi connectivity index (χ1v) is 26.1. The zero-order chi connectivity index (χ0) is 52.1. The second kappa shape index (κ2) is 25.4. The lowest BCUT2D eigenvalue weighted by atomic mass is 10.0. The number of aliphatic hydroxyl groups is 1. The van der Waals surface area contributed by atoms with Crippen molar-refractivity contribution in [3.63, 3.8) is 0 Å². The maximum atomic E-state index is 14.2. The summed E-state index contributed by atoms with van der Waals surface area (Å²) in [5.41, 5.74) is 0.828. The number of alkyl halides is 3. The third-order valence-corrected chi connectivity index (χ3v) is 14.5. The fourth-order valence-corrected chi connectivity index (χ4v) is 10.5. The quantitative estimate of drug-likeness (QED) is 0.0492. The van der Waals surface area contributed by atoms with Crippen molar-refractivity contribution in [2.75, 3.05) is 39.3 Å². The molecule has 2 heterocycles. The summed E-state index contributed by atoms with van der Waals surface area (Å²) < 4.78 is 126. The molecule has 0 aliphatic carbocycles. The average molecular weight is 1040 g/mol. The largest absolute Gasteiger partial charge is 0.480 e. The molecule has 2 saturated heterocycles. The molecule has 3 N–H and O–H groups in total. The van der Waals surface area contributed by atoms with Crippen LogP contribution in [0.25, 0.3) is 0 Å². The molecule has 1 unspecified atom stereocenters. The smallest absolute Gasteiger partial charge is 0.471 e. The molecule has 0 spiro atoms. The summed E-state index contributed by atoms with van der Waals surface area (Å²) in [6.07, 6.45) is -10.1. The Bertz CT molecular complexity index is 2400. The summed E-state index contributed by atoms with van der Waals surface area (Å²) in [4.78, 5) is 49.9. The molecule has 0 radical (unpaired) electrons. The topological polar surface area (TPSA) is 241 Å². The molecular formula is C47H61F3N3O16PS. The van der Waals surface area contributed by atoms with E-state index in [1.54, 1.807) is 68.6 Å². The van der Waals surface area contributed by atoms with Gasteiger partial charge in [-0.2, -0.15) is 17.5 Å². The van der Waals surface area contributed by atoms with Crippen LogP contribution in [0.3, 0.4) is 0 Å². The SMILES string of the molecule is CCOC(=O)[C@H](C)OP(=O)(COc1ccc(C[C@H](NC(=O)O[C@H]2CO[C@H]3OCC[C@H]32)[C@H](O)CN(CC(C)C)S(=O)(=O)c2ccc(COC(=O)[C@H](NC(=O)C(F)(F)F)C(C)C)cc2)cc1)Oc1ccccc1. The number of carbonyl (C=O) groups is 4. The fourth-order valence-electron chi connectivity index (χ4n) is 7.43. The molecule has 24 heteroatoms. The van der Waals surface area contributed by atoms with Gasteiger partial charge < -0.3 is 48.7 Å². The van der Waals surface area contributed by atoms with Gasteiger partial charge in [-0.25, -0.2) is 27.4 Å². The Morgan fingerprint density at radius 3 is 2.14 bits per heavy atom. The molecule has 19 nitrogen and oxygen atoms in total. The molecule has 2 aliphatic heterocycles. The summed E-state index contributed by atoms with van der Waals surface area (Å²) in [6, 6.07) is 16.9. The average Bonchev–Trinajstić information content (AvgIpc) is 3.94. The Morgan fingerprint density at radius 1 is 0.859 bits per heavy atom. The number of esters is 2. The van der Waals surface area contributed by atoms with Crippen molar-refractivity contribution in [1.29, 1.82) is 0 Å². The van der Waals surface area contributed by atoms with Crippen LogP contribution in [0.4, 0.5) is 18.0 Å². The molecule has 2 aliphatic rings. The van der Waals surface area contributed by atoms with Crippen molar-refractivity contribution in [3.8, 4) is 11.5 Å². The number of nitrogens with one attached hydrogen (secondary N) is 2. The summed E-state index contributed by atoms with van der Waals surface area (Å²) in [5, 5.41) is 16.2. The number of nitrogens with zero attached hydrogens (tertiary/aromatic N) is 1. The number of carbonyl (C=O) groups excluding carboxylic acids is 4. The minimum Gasteiger partial charge on any atom is -0.480 e. The number of benzene rings is 3. The van der Waals surface area contributed by atoms with Crippen LogP contribution >= 0.6 is 7.60 Å². The van der Waals surface area contributed by atoms with Gasteiger partial charge in [0.15, 0.2) is 12.4 Å². The molecule has 0 aromatic heterocycles. The van der Waals surface area contributed by atoms with E-state index in [0.717, 1.165) is 4.31 Å². The van der Waals surface area contributed by atoms with E-state index in [1.807, 2.05) is 0 Å². The number of sulfonamides is 1. The first kappa shape index (κ1) is 56.6. The van der Waals surface area contributed by atoms with Crippen molar-refractivity contribution in [1.82, 2.24) is 14.9 Å². The highest BCUT2D eigenvalue weighted by Crippen LogP contribution is 2.49. The van der Waals surface area contributed by atoms with Crippen LogP contribution in [0.2, 0.25) is 0 Å². The number of fused-ring (bicyclic) bond motifs is 1. The van der Waals surface area contributed by atoms with Gasteiger partial charge in [0, 0.05) is 13.1 Å². The van der Waals surface area contributed by atoms with E-state index in [2.05, 4.69) is 5.32 Å². The van der Waals surface area contributed by atoms with E-state index < -0.39 is 110 Å². The van der Waals surface area contributed by atoms with Crippen LogP contribution in [0, 0.1) is 17.8 Å². The minimum absolute atomic E-state index is 0.0524. The molecule has 0 saturated carbocycles. The highest BCUT2D eigenvalue weighted by atomic mass is 32.2. The number of rotatable bonds is 25. The van der Waals surface area contributed by atoms with Gasteiger partial charge in [0.2, 0.25) is 16.4 Å². The molecule has 8 atom stereocenters. The lowest BCUT2D eigenvalue weighted by Crippen LogP contribution is -2.51. The van der Waals surface area contributed by atoms with Crippen molar-refractivity contribution >= 4 is 41.6 Å². The lowest BCUT2D eigenvalue weighted by Gasteiger charge is -2.31. The number of para-hydroxylation sites is 1. The maximum Gasteiger partial charge on any atom is 0.471 e. The summed E-state index contributed by atoms with van der Waals surface area (Å²) in [7, 11) is -8.52. The molecule has 2 amide bonds. The standard InChI is InChI=1S/C47H61F3N3O16PS/c1-7-62-42(55)31(6)68-70(59,69-35-11-9-8-10-12-35)28-66-34-17-13-32(14-18-34)23-38(51-46(58)67-40-27-65-44-37(40)21-22-63-44)39(54)25-53(24-29(2)3)71(60,61)36-19-15-33(16-20-36)26-64-43(56)41(30(4)5)52-45(57)47(48,49)50/h8-20,29-31,37-41,44,54H,7,21-28H2,1-6H3,(H,51,58)(H,52,57)/t31-,37-,38-,39+,40-,41+,44+,70?/m0/s1. The highest BCUT2D eigenvalue weighted by Gasteiger charge is 2.45. The normalized spacial score (nSPS) is 19.5. The molecule has 0 bridgehead atoms. The van der Waals surface area contributed by atoms with Crippen molar-refractivity contribution in [3.05, 3.63) is 90.0 Å². The summed E-state index contributed by atoms with van der Waals surface area (Å²) in [5.74, 6) is -4.96. The number of alkyl carbamates (subject to hydrolysis) is 1. The van der Waals surface area contributed by atoms with Gasteiger partial charge in [-0.1, -0.05) is 70.2 Å². The van der Waals surface area contributed by atoms with E-state index in [-0.39, 0.29) is 60.0 Å². The predicted molar refractivity (Wildman–Crippen MR) is 247 cm³/mol. The van der Waals surface area contributed by atoms with Gasteiger partial charge in [-0.3, -0.25) is 9.32 Å². The molecule has 2 fully saturated rings. The minimum atomic E-state index is -5.22. The molecular weight excluding hydrogens is 983 g/mol. The molecule has 3 aromatic rings. The van der Waals surface area contributed by atoms with Crippen molar-refractivity contribution in [2.24, 2.45) is 17.8 Å². The van der Waals surface area contributed by atoms with Gasteiger partial charge in [0.1, 0.15) is 30.3 Å². The lowest BCUT2D eigenvalue weighted by molar-refractivity contribution is -0.176. The molecule has 392 valence electrons. The first-order chi connectivity index (χ1) is 33.5. The van der Waals surface area contributed by atoms with E-state index >= 15 is 0 Å². The van der Waals surface area contributed by atoms with Crippen LogP contribution in [0.5, 0.6) is 11.5 Å². The third-order valence-electron chi connectivity index (χ3n) is 11.1. The number of halogens is 3. The Balaban J connectivity index is 1.31. The van der Waals surface area contributed by atoms with E-state index in [9.17, 15) is 50.4 Å². The van der Waals surface area contributed by atoms with Crippen LogP contribution < -0.4 is 19.9 Å². The fraction of sp³-hybridized carbons (Fsp3) is 0.532. The van der Waals surface area contributed by atoms with Crippen LogP contribution in [0.15, 0.2) is 83.8 Å². The zero-order valence-electron chi connectivity index (χ0n) is 40.1. The van der Waals surface area contributed by atoms with Gasteiger partial charge >= 0.3 is 37.7 Å². The summed E-state index contributed by atoms with van der Waals surface area (Å²) >= 11 is 0. The van der Waals surface area contributed by atoms with Crippen LogP contribution in [-0.4, -0.2) is 124 Å². The Labute approximate surface area is 410 Å². The number of ether oxygens (including phenoxy) is 6. The maximum absolute atomic E-state index is 14.2. The van der Waals surface area contributed by atoms with Crippen LogP contribution in [-0.2, 0) is 70.2 Å². The Hall–Kier alpha value is -5.29. The third kappa shape index (κ3) is 16.6. The van der Waals surface area contributed by atoms with E-state index in [1.165, 1.54) is 57.2 Å². The summed E-state index contributed by atoms with van der Waals surface area (Å²) in [6.45, 7) is 8.95. The Kier molecular flexibility index (Phi) is 20.2. The van der Waals surface area contributed by atoms with E-state index in [4.69, 9.17) is 37.5 Å². The second-order valence-electron chi connectivity index (χ2n) is 17.6. The monoisotopic (exact) mass is 1040 g/mol. The van der Waals surface area contributed by atoms with Crippen LogP contribution in [0.1, 0.15) is 59.1 Å². The first-order valence-electron chi connectivity index (χ1n) is 22.9. The van der Waals surface area contributed by atoms with Crippen molar-refractivity contribution < 1.29 is 87.9 Å². The number of hydrogen-bond acceptors (Lipinski definition) is 16. The molecule has 71 heavy (non-hydrogen) atoms. The van der Waals surface area contributed by atoms with E-state index in [0.29, 0.717) is 18.6 Å². The number of amides is 2. The van der Waals surface area contributed by atoms with Gasteiger partial charge in [0.05, 0.1) is 42.8 Å². The Morgan fingerprint density at radius 2 is 1.52 bits per heavy atom. The number of hydrogen-bond donors (Lipinski definition) is 3. The van der Waals surface area contributed by atoms with Gasteiger partial charge in [-0.05, 0) is 86.1 Å². The highest BCUT2D eigenvalue weighted by molar-refractivity contribution is 7.89.